The summed E-state index contributed by atoms with van der Waals surface area (Å²) in [5, 5.41) is 3.72. The number of nitrogens with one attached hydrogen (secondary N) is 1. The molecule has 8 nitrogen and oxygen atoms in total. The van der Waals surface area contributed by atoms with Crippen LogP contribution in [0, 0.1) is 6.92 Å². The molecule has 0 aliphatic carbocycles. The van der Waals surface area contributed by atoms with E-state index in [4.69, 9.17) is 27.9 Å². The summed E-state index contributed by atoms with van der Waals surface area (Å²) in [4.78, 5) is 29.5. The molecule has 0 radical (unpaired) electrons. The van der Waals surface area contributed by atoms with Gasteiger partial charge in [0.05, 0.1) is 19.1 Å². The molecule has 42 heavy (non-hydrogen) atoms. The fourth-order valence-electron chi connectivity index (χ4n) is 4.43. The molecule has 0 aliphatic heterocycles. The normalized spacial score (nSPS) is 12.4. The van der Waals surface area contributed by atoms with Gasteiger partial charge in [0.1, 0.15) is 18.3 Å². The second kappa shape index (κ2) is 13.8. The highest BCUT2D eigenvalue weighted by Gasteiger charge is 2.35. The summed E-state index contributed by atoms with van der Waals surface area (Å²) in [6, 6.07) is 18.3. The van der Waals surface area contributed by atoms with Crippen LogP contribution in [0.1, 0.15) is 37.5 Å². The van der Waals surface area contributed by atoms with E-state index in [1.165, 1.54) is 12.0 Å². The molecule has 1 atom stereocenters. The Morgan fingerprint density at radius 2 is 1.67 bits per heavy atom. The van der Waals surface area contributed by atoms with Crippen LogP contribution in [-0.2, 0) is 32.6 Å². The SMILES string of the molecule is COc1ccc(C)cc1N(CC(=O)N(Cc1ccc(Cl)cc1Cl)[C@H](Cc1ccccc1)C(=O)NC(C)(C)C)S(C)(=O)=O. The van der Waals surface area contributed by atoms with Crippen molar-refractivity contribution >= 4 is 50.7 Å². The number of methoxy groups -OCH3 is 1. The number of anilines is 1. The minimum Gasteiger partial charge on any atom is -0.495 e. The lowest BCUT2D eigenvalue weighted by molar-refractivity contribution is -0.140. The number of carbonyl (C=O) groups excluding carboxylic acids is 2. The maximum absolute atomic E-state index is 14.3. The Balaban J connectivity index is 2.15. The zero-order chi connectivity index (χ0) is 31.2. The molecular formula is C31H37Cl2N3O5S. The number of rotatable bonds is 11. The minimum atomic E-state index is -3.95. The van der Waals surface area contributed by atoms with E-state index in [9.17, 15) is 18.0 Å². The fourth-order valence-corrected chi connectivity index (χ4v) is 5.74. The molecule has 3 aromatic carbocycles. The van der Waals surface area contributed by atoms with Gasteiger partial charge >= 0.3 is 0 Å². The first-order valence-corrected chi connectivity index (χ1v) is 15.9. The summed E-state index contributed by atoms with van der Waals surface area (Å²) in [5.41, 5.74) is 1.79. The number of amides is 2. The second-order valence-electron chi connectivity index (χ2n) is 11.1. The van der Waals surface area contributed by atoms with Gasteiger partial charge < -0.3 is 15.0 Å². The van der Waals surface area contributed by atoms with E-state index in [0.717, 1.165) is 21.7 Å². The van der Waals surface area contributed by atoms with E-state index in [2.05, 4.69) is 5.32 Å². The Morgan fingerprint density at radius 1 is 1.00 bits per heavy atom. The second-order valence-corrected chi connectivity index (χ2v) is 13.9. The predicted molar refractivity (Wildman–Crippen MR) is 169 cm³/mol. The highest BCUT2D eigenvalue weighted by atomic mass is 35.5. The standard InChI is InChI=1S/C31H37Cl2N3O5S/c1-21-12-15-28(41-5)26(16-21)36(42(6,39)40)20-29(37)35(19-23-13-14-24(32)18-25(23)33)27(30(38)34-31(2,3)4)17-22-10-8-7-9-11-22/h7-16,18,27H,17,19-20H2,1-6H3,(H,34,38)/t27-/m1/s1. The van der Waals surface area contributed by atoms with Crippen molar-refractivity contribution in [1.29, 1.82) is 0 Å². The summed E-state index contributed by atoms with van der Waals surface area (Å²) in [6.45, 7) is 6.73. The number of hydrogen-bond donors (Lipinski definition) is 1. The Kier molecular flexibility index (Phi) is 10.9. The van der Waals surface area contributed by atoms with Gasteiger partial charge in [0, 0.05) is 28.5 Å². The van der Waals surface area contributed by atoms with Crippen LogP contribution in [0.4, 0.5) is 5.69 Å². The van der Waals surface area contributed by atoms with E-state index < -0.39 is 34.1 Å². The number of benzene rings is 3. The predicted octanol–water partition coefficient (Wildman–Crippen LogP) is 5.63. The number of carbonyl (C=O) groups is 2. The Bertz CT molecular complexity index is 1530. The van der Waals surface area contributed by atoms with E-state index in [1.807, 2.05) is 58.0 Å². The summed E-state index contributed by atoms with van der Waals surface area (Å²) < 4.78 is 32.6. The van der Waals surface area contributed by atoms with Crippen LogP contribution in [0.3, 0.4) is 0 Å². The average molecular weight is 635 g/mol. The Morgan fingerprint density at radius 3 is 2.24 bits per heavy atom. The first kappa shape index (κ1) is 33.2. The van der Waals surface area contributed by atoms with Crippen LogP contribution in [0.2, 0.25) is 10.0 Å². The first-order valence-electron chi connectivity index (χ1n) is 13.3. The zero-order valence-corrected chi connectivity index (χ0v) is 27.0. The Labute approximate surface area is 258 Å². The smallest absolute Gasteiger partial charge is 0.244 e. The summed E-state index contributed by atoms with van der Waals surface area (Å²) in [6.07, 6.45) is 1.21. The van der Waals surface area contributed by atoms with Crippen LogP contribution in [0.5, 0.6) is 5.75 Å². The van der Waals surface area contributed by atoms with Crippen molar-refractivity contribution in [3.63, 3.8) is 0 Å². The highest BCUT2D eigenvalue weighted by Crippen LogP contribution is 2.32. The van der Waals surface area contributed by atoms with Gasteiger partial charge in [-0.1, -0.05) is 65.7 Å². The molecule has 11 heteroatoms. The molecule has 0 heterocycles. The third-order valence-electron chi connectivity index (χ3n) is 6.41. The van der Waals surface area contributed by atoms with Gasteiger partial charge in [0.2, 0.25) is 21.8 Å². The van der Waals surface area contributed by atoms with Gasteiger partial charge in [-0.3, -0.25) is 13.9 Å². The average Bonchev–Trinajstić information content (AvgIpc) is 2.89. The van der Waals surface area contributed by atoms with Crippen LogP contribution in [-0.4, -0.2) is 56.6 Å². The maximum Gasteiger partial charge on any atom is 0.244 e. The minimum absolute atomic E-state index is 0.0630. The number of nitrogens with zero attached hydrogens (tertiary/aromatic N) is 2. The molecule has 0 unspecified atom stereocenters. The first-order chi connectivity index (χ1) is 19.6. The number of ether oxygens (including phenoxy) is 1. The largest absolute Gasteiger partial charge is 0.495 e. The third kappa shape index (κ3) is 9.11. The molecule has 2 amide bonds. The highest BCUT2D eigenvalue weighted by molar-refractivity contribution is 7.92. The van der Waals surface area contributed by atoms with Crippen molar-refractivity contribution in [2.75, 3.05) is 24.2 Å². The van der Waals surface area contributed by atoms with Gasteiger partial charge in [0.15, 0.2) is 0 Å². The molecule has 3 aromatic rings. The number of hydrogen-bond acceptors (Lipinski definition) is 5. The lowest BCUT2D eigenvalue weighted by Crippen LogP contribution is -2.56. The lowest BCUT2D eigenvalue weighted by atomic mass is 10.0. The van der Waals surface area contributed by atoms with Crippen LogP contribution in [0.25, 0.3) is 0 Å². The van der Waals surface area contributed by atoms with Crippen molar-refractivity contribution in [3.05, 3.63) is 93.5 Å². The van der Waals surface area contributed by atoms with E-state index in [-0.39, 0.29) is 30.3 Å². The van der Waals surface area contributed by atoms with Crippen molar-refractivity contribution in [1.82, 2.24) is 10.2 Å². The molecule has 3 rings (SSSR count). The van der Waals surface area contributed by atoms with Gasteiger partial charge in [-0.15, -0.1) is 0 Å². The van der Waals surface area contributed by atoms with Crippen molar-refractivity contribution in [2.45, 2.75) is 52.2 Å². The monoisotopic (exact) mass is 633 g/mol. The van der Waals surface area contributed by atoms with Crippen molar-refractivity contribution < 1.29 is 22.7 Å². The molecule has 0 aromatic heterocycles. The van der Waals surface area contributed by atoms with Crippen molar-refractivity contribution in [2.24, 2.45) is 0 Å². The van der Waals surface area contributed by atoms with Crippen LogP contribution >= 0.6 is 23.2 Å². The quantitative estimate of drug-likeness (QED) is 0.295. The summed E-state index contributed by atoms with van der Waals surface area (Å²) in [7, 11) is -2.53. The fraction of sp³-hybridized carbons (Fsp3) is 0.355. The maximum atomic E-state index is 14.3. The zero-order valence-electron chi connectivity index (χ0n) is 24.6. The number of aryl methyl sites for hydroxylation is 1. The third-order valence-corrected chi connectivity index (χ3v) is 8.12. The van der Waals surface area contributed by atoms with Gasteiger partial charge in [-0.2, -0.15) is 0 Å². The molecule has 1 N–H and O–H groups in total. The van der Waals surface area contributed by atoms with E-state index in [0.29, 0.717) is 15.6 Å². The summed E-state index contributed by atoms with van der Waals surface area (Å²) in [5.74, 6) is -0.693. The molecule has 0 saturated heterocycles. The van der Waals surface area contributed by atoms with Crippen LogP contribution < -0.4 is 14.4 Å². The Hall–Kier alpha value is -3.27. The molecule has 0 bridgehead atoms. The summed E-state index contributed by atoms with van der Waals surface area (Å²) >= 11 is 12.6. The van der Waals surface area contributed by atoms with Gasteiger partial charge in [-0.25, -0.2) is 8.42 Å². The van der Waals surface area contributed by atoms with E-state index >= 15 is 0 Å². The number of halogens is 2. The van der Waals surface area contributed by atoms with Crippen molar-refractivity contribution in [3.8, 4) is 5.75 Å². The molecule has 0 spiro atoms. The molecule has 0 saturated carbocycles. The van der Waals surface area contributed by atoms with Gasteiger partial charge in [0.25, 0.3) is 0 Å². The van der Waals surface area contributed by atoms with E-state index in [1.54, 1.807) is 36.4 Å². The number of sulfonamides is 1. The van der Waals surface area contributed by atoms with Gasteiger partial charge in [-0.05, 0) is 68.7 Å². The molecule has 0 fully saturated rings. The lowest BCUT2D eigenvalue weighted by Gasteiger charge is -2.35. The van der Waals surface area contributed by atoms with Crippen LogP contribution in [0.15, 0.2) is 66.7 Å². The topological polar surface area (TPSA) is 96.0 Å². The molecular weight excluding hydrogens is 597 g/mol. The molecule has 226 valence electrons. The molecule has 0 aliphatic rings.